The predicted molar refractivity (Wildman–Crippen MR) is 410 cm³/mol. The van der Waals surface area contributed by atoms with E-state index in [1.54, 1.807) is 14.2 Å². The number of ether oxygens (including phenoxy) is 2. The first-order valence-corrected chi connectivity index (χ1v) is 49.8. The third kappa shape index (κ3) is 32.9. The van der Waals surface area contributed by atoms with Gasteiger partial charge in [0.05, 0.1) is 0 Å². The van der Waals surface area contributed by atoms with Gasteiger partial charge in [0.2, 0.25) is 0 Å². The van der Waals surface area contributed by atoms with E-state index in [2.05, 4.69) is 84.6 Å². The minimum absolute atomic E-state index is 0.0238. The Morgan fingerprint density at radius 3 is 0.946 bits per heavy atom. The number of carbonyl (C=O) groups is 2. The minimum atomic E-state index is -2.83. The van der Waals surface area contributed by atoms with Crippen molar-refractivity contribution in [1.29, 1.82) is 0 Å². The van der Waals surface area contributed by atoms with E-state index >= 15 is 9.59 Å². The van der Waals surface area contributed by atoms with Crippen LogP contribution >= 0.6 is 22.7 Å². The Morgan fingerprint density at radius 1 is 0.348 bits per heavy atom. The van der Waals surface area contributed by atoms with E-state index < -0.39 is 18.4 Å². The van der Waals surface area contributed by atoms with Crippen LogP contribution in [0, 0.1) is 18.8 Å². The van der Waals surface area contributed by atoms with Crippen molar-refractivity contribution in [2.45, 2.75) is 390 Å². The van der Waals surface area contributed by atoms with Crippen LogP contribution in [0.3, 0.4) is 0 Å². The van der Waals surface area contributed by atoms with Crippen molar-refractivity contribution in [3.8, 4) is 0 Å². The molecule has 0 bridgehead atoms. The number of nitrogens with zero attached hydrogens (tertiary/aromatic N) is 2. The molecule has 2 unspecified atom stereocenters. The average molecular weight is 1420 g/mol. The molecular weight excluding hydrogens is 1270 g/mol. The van der Waals surface area contributed by atoms with Crippen LogP contribution in [0.25, 0.3) is 11.4 Å². The van der Waals surface area contributed by atoms with E-state index in [-0.39, 0.29) is 11.8 Å². The normalized spacial score (nSPS) is 14.4. The van der Waals surface area contributed by atoms with Gasteiger partial charge in [0.1, 0.15) is 0 Å². The molecule has 0 aliphatic carbocycles. The van der Waals surface area contributed by atoms with E-state index in [1.807, 2.05) is 16.2 Å². The molecule has 2 aromatic rings. The number of fused-ring (bicyclic) bond motifs is 1. The summed E-state index contributed by atoms with van der Waals surface area (Å²) in [5, 5.41) is 0. The summed E-state index contributed by atoms with van der Waals surface area (Å²) in [6.07, 6.45) is 65.8. The van der Waals surface area contributed by atoms with Crippen LogP contribution in [0.15, 0.2) is 35.4 Å². The summed E-state index contributed by atoms with van der Waals surface area (Å²) in [5.41, 5.74) is 3.07. The Balaban J connectivity index is 1.50. The molecule has 2 aliphatic heterocycles. The molecule has 2 amide bonds. The van der Waals surface area contributed by atoms with Crippen LogP contribution in [0.2, 0.25) is 13.3 Å². The van der Waals surface area contributed by atoms with E-state index in [0.717, 1.165) is 73.3 Å². The Bertz CT molecular complexity index is 2170. The van der Waals surface area contributed by atoms with Crippen molar-refractivity contribution in [1.82, 2.24) is 9.80 Å². The summed E-state index contributed by atoms with van der Waals surface area (Å²) in [4.78, 5) is 38.6. The number of hydrogen-bond donors (Lipinski definition) is 0. The molecule has 0 radical (unpaired) electrons. The van der Waals surface area contributed by atoms with Crippen molar-refractivity contribution in [2.75, 3.05) is 39.5 Å². The monoisotopic (exact) mass is 1420 g/mol. The zero-order chi connectivity index (χ0) is 66.0. The Morgan fingerprint density at radius 2 is 0.641 bits per heavy atom. The number of aryl methyl sites for hydroxylation is 1. The second-order valence-corrected chi connectivity index (χ2v) is 45.8. The van der Waals surface area contributed by atoms with Gasteiger partial charge in [0.25, 0.3) is 0 Å². The van der Waals surface area contributed by atoms with E-state index in [9.17, 15) is 0 Å². The molecule has 4 rings (SSSR count). The average Bonchev–Trinajstić information content (AvgIpc) is 1.56. The molecule has 530 valence electrons. The summed E-state index contributed by atoms with van der Waals surface area (Å²) in [6.45, 7) is 22.9. The fraction of sp³-hybridized carbons (Fsp3) is 0.831. The maximum absolute atomic E-state index is 15.6. The number of amides is 2. The van der Waals surface area contributed by atoms with Gasteiger partial charge in [0, 0.05) is 6.61 Å². The molecule has 2 atom stereocenters. The summed E-state index contributed by atoms with van der Waals surface area (Å²) in [7, 11) is 0. The topological polar surface area (TPSA) is 59.1 Å². The number of rotatable bonds is 66. The molecule has 92 heavy (non-hydrogen) atoms. The predicted octanol–water partition coefficient (Wildman–Crippen LogP) is 26.5. The van der Waals surface area contributed by atoms with Crippen LogP contribution in [0.5, 0.6) is 0 Å². The fourth-order valence-electron chi connectivity index (χ4n) is 15.0. The van der Waals surface area contributed by atoms with Gasteiger partial charge in [-0.25, -0.2) is 0 Å². The third-order valence-electron chi connectivity index (χ3n) is 21.0. The van der Waals surface area contributed by atoms with Crippen molar-refractivity contribution in [3.05, 3.63) is 50.0 Å². The molecule has 2 aromatic heterocycles. The van der Waals surface area contributed by atoms with Gasteiger partial charge in [-0.1, -0.05) is 259 Å². The van der Waals surface area contributed by atoms with Crippen LogP contribution in [-0.2, 0) is 19.1 Å². The van der Waals surface area contributed by atoms with Crippen LogP contribution < -0.4 is 2.89 Å². The summed E-state index contributed by atoms with van der Waals surface area (Å²) < 4.78 is 19.1. The zero-order valence-corrected chi connectivity index (χ0v) is 66.5. The third-order valence-corrected chi connectivity index (χ3v) is 41.3. The summed E-state index contributed by atoms with van der Waals surface area (Å²) in [6, 6.07) is 9.19. The SMILES string of the molecule is CCCCCCCCCCCCC(CCCCCCCCCC)COCCCCN1C(=O)C2=C(c3cc[c]([Sn]([CH2]CCC)([CH2]CCC)[CH2]CCC)s3)N(CCCCOCC(CCCCCCCCCC)CCCCCCCCCCCC)C(=O)C2=C1c1ccc(C)s1. The van der Waals surface area contributed by atoms with Crippen LogP contribution in [0.4, 0.5) is 0 Å². The second-order valence-electron chi connectivity index (χ2n) is 29.3. The van der Waals surface area contributed by atoms with Crippen molar-refractivity contribution in [3.63, 3.8) is 0 Å². The van der Waals surface area contributed by atoms with Gasteiger partial charge in [-0.3, -0.25) is 0 Å². The molecule has 2 aliphatic rings. The van der Waals surface area contributed by atoms with Crippen molar-refractivity contribution >= 4 is 67.2 Å². The molecule has 0 spiro atoms. The molecular formula is C83H148N2O4S2Sn. The van der Waals surface area contributed by atoms with Crippen LogP contribution in [-0.4, -0.2) is 79.5 Å². The quantitative estimate of drug-likeness (QED) is 0.0489. The van der Waals surface area contributed by atoms with E-state index in [0.29, 0.717) is 36.1 Å². The molecule has 4 heterocycles. The zero-order valence-electron chi connectivity index (χ0n) is 62.0. The van der Waals surface area contributed by atoms with Gasteiger partial charge in [0.15, 0.2) is 0 Å². The van der Waals surface area contributed by atoms with Gasteiger partial charge < -0.3 is 0 Å². The maximum atomic E-state index is 15.6. The molecule has 0 fully saturated rings. The fourth-order valence-corrected chi connectivity index (χ4v) is 36.1. The number of carbonyl (C=O) groups excluding carboxylic acids is 2. The molecule has 0 saturated heterocycles. The Hall–Kier alpha value is -1.46. The van der Waals surface area contributed by atoms with Crippen molar-refractivity contribution in [2.24, 2.45) is 11.8 Å². The van der Waals surface area contributed by atoms with Crippen molar-refractivity contribution < 1.29 is 19.1 Å². The molecule has 0 aromatic carbocycles. The molecule has 0 N–H and O–H groups in total. The molecule has 6 nitrogen and oxygen atoms in total. The number of thiophene rings is 2. The Kier molecular flexibility index (Phi) is 49.1. The summed E-state index contributed by atoms with van der Waals surface area (Å²) in [5.74, 6) is 1.32. The first-order chi connectivity index (χ1) is 45.2. The van der Waals surface area contributed by atoms with Gasteiger partial charge in [-0.05, 0) is 31.6 Å². The van der Waals surface area contributed by atoms with Gasteiger partial charge in [-0.2, -0.15) is 0 Å². The van der Waals surface area contributed by atoms with Gasteiger partial charge >= 0.3 is 290 Å². The molecule has 9 heteroatoms. The standard InChI is InChI=1S/C71H121N2O4S2.3C4H9.Sn/c1-6-10-14-18-22-26-28-32-36-40-49-62(47-38-34-30-24-20-16-12-8-3)59-76-56-44-42-54-72-68(64-51-46-58-78-64)66-67(71(72)75)69(65-53-52-61(5)79-65)73(70(66)74)55-43-45-57-77-60-63(48-39-35-31-25-21-17-13-9-4)50-41-37-33-29-27-23-19-15-11-7-2;3*1-3-4-2;/h46,51-53,62-63H,6-45,47-50,54-57,59-60H2,1-5H3;3*1,3-4H2,2H3;. The first kappa shape index (κ1) is 83.0. The summed E-state index contributed by atoms with van der Waals surface area (Å²) >= 11 is 0.878. The second kappa shape index (κ2) is 54.4. The number of hydrogen-bond acceptors (Lipinski definition) is 6. The van der Waals surface area contributed by atoms with Gasteiger partial charge in [-0.15, -0.1) is 0 Å². The van der Waals surface area contributed by atoms with E-state index in [1.165, 1.54) is 314 Å². The molecule has 0 saturated carbocycles. The van der Waals surface area contributed by atoms with E-state index in [4.69, 9.17) is 9.47 Å². The number of unbranched alkanes of at least 4 members (excludes halogenated alkanes) is 37. The first-order valence-electron chi connectivity index (χ1n) is 40.7. The van der Waals surface area contributed by atoms with Crippen LogP contribution in [0.1, 0.15) is 384 Å². The Labute approximate surface area is 582 Å².